The van der Waals surface area contributed by atoms with Crippen LogP contribution in [0.1, 0.15) is 24.2 Å². The Morgan fingerprint density at radius 1 is 0.952 bits per heavy atom. The minimum Gasteiger partial charge on any atom is -0.462 e. The standard InChI is InChI=1S/C16H16O5/c1-3-19-15(17)14-12-8-6-5-7-11(12)9-10-13(14)21-16(18)20-4-2/h5-10H,3-4H2,1-2H3. The number of hydrogen-bond donors (Lipinski definition) is 0. The highest BCUT2D eigenvalue weighted by Gasteiger charge is 2.20. The fourth-order valence-electron chi connectivity index (χ4n) is 1.99. The molecule has 0 heterocycles. The number of carbonyl (C=O) groups is 2. The third kappa shape index (κ3) is 3.31. The lowest BCUT2D eigenvalue weighted by Gasteiger charge is -2.12. The Bertz CT molecular complexity index is 663. The largest absolute Gasteiger partial charge is 0.513 e. The van der Waals surface area contributed by atoms with Gasteiger partial charge in [0, 0.05) is 0 Å². The number of esters is 1. The topological polar surface area (TPSA) is 61.8 Å². The van der Waals surface area contributed by atoms with Crippen molar-refractivity contribution in [1.29, 1.82) is 0 Å². The number of carbonyl (C=O) groups excluding carboxylic acids is 2. The van der Waals surface area contributed by atoms with Crippen molar-refractivity contribution in [3.63, 3.8) is 0 Å². The van der Waals surface area contributed by atoms with Crippen molar-refractivity contribution in [2.75, 3.05) is 13.2 Å². The van der Waals surface area contributed by atoms with E-state index in [-0.39, 0.29) is 24.5 Å². The molecule has 0 saturated heterocycles. The zero-order valence-electron chi connectivity index (χ0n) is 11.9. The average molecular weight is 288 g/mol. The van der Waals surface area contributed by atoms with Gasteiger partial charge in [0.2, 0.25) is 0 Å². The minimum atomic E-state index is -0.849. The van der Waals surface area contributed by atoms with Crippen LogP contribution in [0.2, 0.25) is 0 Å². The lowest BCUT2D eigenvalue weighted by Crippen LogP contribution is -2.14. The maximum atomic E-state index is 12.2. The Labute approximate surface area is 122 Å². The first-order valence-corrected chi connectivity index (χ1v) is 6.70. The zero-order chi connectivity index (χ0) is 15.2. The Hall–Kier alpha value is -2.56. The van der Waals surface area contributed by atoms with E-state index < -0.39 is 12.1 Å². The molecule has 5 nitrogen and oxygen atoms in total. The van der Waals surface area contributed by atoms with Crippen molar-refractivity contribution in [2.24, 2.45) is 0 Å². The summed E-state index contributed by atoms with van der Waals surface area (Å²) in [6.07, 6.45) is -0.849. The van der Waals surface area contributed by atoms with Gasteiger partial charge in [-0.3, -0.25) is 0 Å². The van der Waals surface area contributed by atoms with Gasteiger partial charge in [-0.05, 0) is 30.7 Å². The quantitative estimate of drug-likeness (QED) is 0.636. The van der Waals surface area contributed by atoms with Gasteiger partial charge in [-0.2, -0.15) is 0 Å². The number of fused-ring (bicyclic) bond motifs is 1. The predicted molar refractivity (Wildman–Crippen MR) is 77.6 cm³/mol. The molecule has 2 aromatic rings. The van der Waals surface area contributed by atoms with Crippen LogP contribution in [0.25, 0.3) is 10.8 Å². The molecule has 0 aliphatic rings. The third-order valence-corrected chi connectivity index (χ3v) is 2.83. The Morgan fingerprint density at radius 2 is 1.67 bits per heavy atom. The van der Waals surface area contributed by atoms with Gasteiger partial charge in [-0.25, -0.2) is 9.59 Å². The van der Waals surface area contributed by atoms with E-state index in [1.807, 2.05) is 12.1 Å². The molecule has 0 aliphatic heterocycles. The van der Waals surface area contributed by atoms with Gasteiger partial charge in [0.05, 0.1) is 13.2 Å². The molecule has 0 aliphatic carbocycles. The molecule has 0 N–H and O–H groups in total. The van der Waals surface area contributed by atoms with Gasteiger partial charge in [0.15, 0.2) is 0 Å². The number of benzene rings is 2. The monoisotopic (exact) mass is 288 g/mol. The van der Waals surface area contributed by atoms with Gasteiger partial charge < -0.3 is 14.2 Å². The lowest BCUT2D eigenvalue weighted by atomic mass is 10.0. The molecule has 2 aromatic carbocycles. The van der Waals surface area contributed by atoms with Crippen LogP contribution in [0.4, 0.5) is 4.79 Å². The Balaban J connectivity index is 2.50. The fourth-order valence-corrected chi connectivity index (χ4v) is 1.99. The Morgan fingerprint density at radius 3 is 2.38 bits per heavy atom. The molecule has 5 heteroatoms. The minimum absolute atomic E-state index is 0.130. The zero-order valence-corrected chi connectivity index (χ0v) is 11.9. The first-order valence-electron chi connectivity index (χ1n) is 6.70. The van der Waals surface area contributed by atoms with Gasteiger partial charge in [-0.1, -0.05) is 30.3 Å². The van der Waals surface area contributed by atoms with E-state index in [4.69, 9.17) is 14.2 Å². The summed E-state index contributed by atoms with van der Waals surface area (Å²) in [6, 6.07) is 10.6. The molecule has 0 atom stereocenters. The second kappa shape index (κ2) is 6.74. The highest BCUT2D eigenvalue weighted by molar-refractivity contribution is 6.07. The molecule has 21 heavy (non-hydrogen) atoms. The molecule has 0 aromatic heterocycles. The number of ether oxygens (including phenoxy) is 3. The summed E-state index contributed by atoms with van der Waals surface area (Å²) >= 11 is 0. The summed E-state index contributed by atoms with van der Waals surface area (Å²) in [5.41, 5.74) is 0.225. The van der Waals surface area contributed by atoms with Crippen molar-refractivity contribution < 1.29 is 23.8 Å². The summed E-state index contributed by atoms with van der Waals surface area (Å²) in [4.78, 5) is 23.6. The predicted octanol–water partition coefficient (Wildman–Crippen LogP) is 3.55. The summed E-state index contributed by atoms with van der Waals surface area (Å²) in [6.45, 7) is 3.82. The van der Waals surface area contributed by atoms with Gasteiger partial charge in [0.1, 0.15) is 11.3 Å². The first-order chi connectivity index (χ1) is 10.2. The van der Waals surface area contributed by atoms with E-state index in [0.717, 1.165) is 5.39 Å². The number of rotatable bonds is 4. The maximum Gasteiger partial charge on any atom is 0.513 e. The summed E-state index contributed by atoms with van der Waals surface area (Å²) in [5, 5.41) is 1.52. The van der Waals surface area contributed by atoms with E-state index in [9.17, 15) is 9.59 Å². The van der Waals surface area contributed by atoms with Gasteiger partial charge in [-0.15, -0.1) is 0 Å². The van der Waals surface area contributed by atoms with E-state index in [2.05, 4.69) is 0 Å². The van der Waals surface area contributed by atoms with Crippen LogP contribution < -0.4 is 4.74 Å². The van der Waals surface area contributed by atoms with Crippen molar-refractivity contribution >= 4 is 22.9 Å². The molecule has 0 radical (unpaired) electrons. The van der Waals surface area contributed by atoms with Crippen LogP contribution in [0.3, 0.4) is 0 Å². The first kappa shape index (κ1) is 14.8. The van der Waals surface area contributed by atoms with Crippen LogP contribution in [0.5, 0.6) is 5.75 Å². The van der Waals surface area contributed by atoms with E-state index in [0.29, 0.717) is 5.39 Å². The van der Waals surface area contributed by atoms with Gasteiger partial charge in [0.25, 0.3) is 0 Å². The summed E-state index contributed by atoms with van der Waals surface area (Å²) in [7, 11) is 0. The highest BCUT2D eigenvalue weighted by atomic mass is 16.7. The second-order valence-corrected chi connectivity index (χ2v) is 4.17. The van der Waals surface area contributed by atoms with Crippen LogP contribution in [0.15, 0.2) is 36.4 Å². The van der Waals surface area contributed by atoms with Crippen LogP contribution in [0, 0.1) is 0 Å². The average Bonchev–Trinajstić information content (AvgIpc) is 2.47. The fraction of sp³-hybridized carbons (Fsp3) is 0.250. The van der Waals surface area contributed by atoms with Crippen LogP contribution in [-0.4, -0.2) is 25.3 Å². The summed E-state index contributed by atoms with van der Waals surface area (Å²) < 4.78 is 14.9. The molecule has 0 unspecified atom stereocenters. The van der Waals surface area contributed by atoms with E-state index in [1.54, 1.807) is 38.1 Å². The van der Waals surface area contributed by atoms with E-state index in [1.165, 1.54) is 0 Å². The molecular formula is C16H16O5. The second-order valence-electron chi connectivity index (χ2n) is 4.17. The van der Waals surface area contributed by atoms with Crippen LogP contribution in [-0.2, 0) is 9.47 Å². The van der Waals surface area contributed by atoms with E-state index >= 15 is 0 Å². The molecule has 0 amide bonds. The molecule has 0 bridgehead atoms. The molecule has 110 valence electrons. The van der Waals surface area contributed by atoms with Crippen molar-refractivity contribution in [1.82, 2.24) is 0 Å². The molecule has 0 fully saturated rings. The third-order valence-electron chi connectivity index (χ3n) is 2.83. The highest BCUT2D eigenvalue weighted by Crippen LogP contribution is 2.29. The summed E-state index contributed by atoms with van der Waals surface area (Å²) in [5.74, 6) is -0.404. The Kier molecular flexibility index (Phi) is 4.77. The van der Waals surface area contributed by atoms with Crippen molar-refractivity contribution in [3.05, 3.63) is 42.0 Å². The normalized spacial score (nSPS) is 10.2. The molecule has 2 rings (SSSR count). The SMILES string of the molecule is CCOC(=O)Oc1ccc2ccccc2c1C(=O)OCC. The van der Waals surface area contributed by atoms with Gasteiger partial charge >= 0.3 is 12.1 Å². The van der Waals surface area contributed by atoms with Crippen molar-refractivity contribution in [2.45, 2.75) is 13.8 Å². The molecule has 0 saturated carbocycles. The van der Waals surface area contributed by atoms with Crippen molar-refractivity contribution in [3.8, 4) is 5.75 Å². The lowest BCUT2D eigenvalue weighted by molar-refractivity contribution is 0.0523. The molecular weight excluding hydrogens is 272 g/mol. The molecule has 0 spiro atoms. The number of hydrogen-bond acceptors (Lipinski definition) is 5. The van der Waals surface area contributed by atoms with Crippen LogP contribution >= 0.6 is 0 Å². The smallest absolute Gasteiger partial charge is 0.462 e. The maximum absolute atomic E-state index is 12.2.